The summed E-state index contributed by atoms with van der Waals surface area (Å²) in [6.07, 6.45) is 8.06. The van der Waals surface area contributed by atoms with Gasteiger partial charge in [0, 0.05) is 29.7 Å². The molecule has 4 nitrogen and oxygen atoms in total. The number of nitrogens with one attached hydrogen (secondary N) is 1. The number of amides is 1. The fraction of sp³-hybridized carbons (Fsp3) is 0.375. The SMILES string of the molecule is NC1(CC(=O)Nc2cccc3ccncc23)CCCC1. The zero-order valence-electron chi connectivity index (χ0n) is 11.4. The lowest BCUT2D eigenvalue weighted by molar-refractivity contribution is -0.117. The predicted octanol–water partition coefficient (Wildman–Crippen LogP) is 2.83. The maximum Gasteiger partial charge on any atom is 0.226 e. The summed E-state index contributed by atoms with van der Waals surface area (Å²) in [5, 5.41) is 5.01. The van der Waals surface area contributed by atoms with Gasteiger partial charge in [-0.3, -0.25) is 9.78 Å². The van der Waals surface area contributed by atoms with E-state index in [1.165, 1.54) is 0 Å². The van der Waals surface area contributed by atoms with Crippen molar-refractivity contribution >= 4 is 22.4 Å². The van der Waals surface area contributed by atoms with E-state index in [0.717, 1.165) is 42.1 Å². The Morgan fingerprint density at radius 3 is 2.90 bits per heavy atom. The Bertz CT molecular complexity index is 627. The van der Waals surface area contributed by atoms with E-state index < -0.39 is 0 Å². The molecular weight excluding hydrogens is 250 g/mol. The lowest BCUT2D eigenvalue weighted by atomic mass is 9.94. The van der Waals surface area contributed by atoms with Crippen molar-refractivity contribution in [1.82, 2.24) is 4.98 Å². The molecule has 1 amide bonds. The number of pyridine rings is 1. The summed E-state index contributed by atoms with van der Waals surface area (Å²) >= 11 is 0. The molecule has 0 unspecified atom stereocenters. The van der Waals surface area contributed by atoms with Crippen LogP contribution in [0.1, 0.15) is 32.1 Å². The van der Waals surface area contributed by atoms with Crippen LogP contribution in [-0.2, 0) is 4.79 Å². The summed E-state index contributed by atoms with van der Waals surface area (Å²) in [5.41, 5.74) is 6.75. The largest absolute Gasteiger partial charge is 0.325 e. The van der Waals surface area contributed by atoms with Crippen LogP contribution in [0.25, 0.3) is 10.8 Å². The molecule has 1 fully saturated rings. The van der Waals surface area contributed by atoms with Crippen LogP contribution in [0.4, 0.5) is 5.69 Å². The van der Waals surface area contributed by atoms with E-state index >= 15 is 0 Å². The molecule has 0 spiro atoms. The van der Waals surface area contributed by atoms with Crippen molar-refractivity contribution in [2.24, 2.45) is 5.73 Å². The van der Waals surface area contributed by atoms with E-state index in [2.05, 4.69) is 10.3 Å². The molecule has 0 atom stereocenters. The number of carbonyl (C=O) groups is 1. The highest BCUT2D eigenvalue weighted by Gasteiger charge is 2.31. The van der Waals surface area contributed by atoms with Gasteiger partial charge >= 0.3 is 0 Å². The monoisotopic (exact) mass is 269 g/mol. The van der Waals surface area contributed by atoms with Crippen molar-refractivity contribution in [3.05, 3.63) is 36.7 Å². The highest BCUT2D eigenvalue weighted by atomic mass is 16.1. The molecule has 0 radical (unpaired) electrons. The van der Waals surface area contributed by atoms with Crippen LogP contribution in [0.5, 0.6) is 0 Å². The van der Waals surface area contributed by atoms with E-state index in [0.29, 0.717) is 6.42 Å². The summed E-state index contributed by atoms with van der Waals surface area (Å²) in [4.78, 5) is 16.3. The number of hydrogen-bond donors (Lipinski definition) is 2. The van der Waals surface area contributed by atoms with Gasteiger partial charge in [0.2, 0.25) is 5.91 Å². The number of nitrogens with zero attached hydrogens (tertiary/aromatic N) is 1. The van der Waals surface area contributed by atoms with Gasteiger partial charge in [-0.2, -0.15) is 0 Å². The van der Waals surface area contributed by atoms with E-state index in [4.69, 9.17) is 5.73 Å². The summed E-state index contributed by atoms with van der Waals surface area (Å²) in [7, 11) is 0. The van der Waals surface area contributed by atoms with Gasteiger partial charge in [-0.15, -0.1) is 0 Å². The molecule has 1 saturated carbocycles. The Hall–Kier alpha value is -1.94. The first kappa shape index (κ1) is 13.1. The van der Waals surface area contributed by atoms with Crippen molar-refractivity contribution in [2.75, 3.05) is 5.32 Å². The second-order valence-corrected chi connectivity index (χ2v) is 5.70. The number of hydrogen-bond acceptors (Lipinski definition) is 3. The topological polar surface area (TPSA) is 68.0 Å². The summed E-state index contributed by atoms with van der Waals surface area (Å²) in [5.74, 6) is -0.00856. The molecule has 1 aromatic carbocycles. The lowest BCUT2D eigenvalue weighted by Gasteiger charge is -2.22. The Morgan fingerprint density at radius 1 is 1.30 bits per heavy atom. The lowest BCUT2D eigenvalue weighted by Crippen LogP contribution is -2.40. The molecule has 0 saturated heterocycles. The average Bonchev–Trinajstić information content (AvgIpc) is 2.85. The smallest absolute Gasteiger partial charge is 0.226 e. The zero-order valence-corrected chi connectivity index (χ0v) is 11.4. The number of aromatic nitrogens is 1. The number of rotatable bonds is 3. The molecule has 1 heterocycles. The molecule has 3 N–H and O–H groups in total. The first-order chi connectivity index (χ1) is 9.66. The van der Waals surface area contributed by atoms with Crippen LogP contribution in [0.3, 0.4) is 0 Å². The first-order valence-corrected chi connectivity index (χ1v) is 7.08. The van der Waals surface area contributed by atoms with E-state index in [-0.39, 0.29) is 11.4 Å². The molecule has 0 aliphatic heterocycles. The zero-order chi connectivity index (χ0) is 14.0. The van der Waals surface area contributed by atoms with Crippen molar-refractivity contribution < 1.29 is 4.79 Å². The molecule has 3 rings (SSSR count). The van der Waals surface area contributed by atoms with Gasteiger partial charge in [-0.1, -0.05) is 25.0 Å². The molecule has 4 heteroatoms. The van der Waals surface area contributed by atoms with Gasteiger partial charge in [0.25, 0.3) is 0 Å². The average molecular weight is 269 g/mol. The van der Waals surface area contributed by atoms with Crippen LogP contribution in [0.15, 0.2) is 36.7 Å². The fourth-order valence-corrected chi connectivity index (χ4v) is 2.99. The fourth-order valence-electron chi connectivity index (χ4n) is 2.99. The van der Waals surface area contributed by atoms with Gasteiger partial charge in [-0.05, 0) is 30.4 Å². The third-order valence-corrected chi connectivity index (χ3v) is 4.07. The maximum absolute atomic E-state index is 12.2. The second kappa shape index (κ2) is 5.21. The minimum Gasteiger partial charge on any atom is -0.325 e. The summed E-state index contributed by atoms with van der Waals surface area (Å²) in [6, 6.07) is 7.78. The quantitative estimate of drug-likeness (QED) is 0.900. The van der Waals surface area contributed by atoms with Crippen LogP contribution in [0.2, 0.25) is 0 Å². The molecule has 1 aromatic heterocycles. The minimum absolute atomic E-state index is 0.00856. The Kier molecular flexibility index (Phi) is 3.40. The van der Waals surface area contributed by atoms with E-state index in [1.54, 1.807) is 12.4 Å². The van der Waals surface area contributed by atoms with Crippen LogP contribution in [-0.4, -0.2) is 16.4 Å². The Balaban J connectivity index is 1.77. The van der Waals surface area contributed by atoms with Crippen LogP contribution in [0, 0.1) is 0 Å². The molecule has 0 bridgehead atoms. The molecule has 1 aliphatic rings. The molecule has 1 aliphatic carbocycles. The number of anilines is 1. The first-order valence-electron chi connectivity index (χ1n) is 7.08. The second-order valence-electron chi connectivity index (χ2n) is 5.70. The third kappa shape index (κ3) is 2.65. The summed E-state index contributed by atoms with van der Waals surface area (Å²) < 4.78 is 0. The molecular formula is C16H19N3O. The molecule has 20 heavy (non-hydrogen) atoms. The number of nitrogens with two attached hydrogens (primary N) is 1. The van der Waals surface area contributed by atoms with Gasteiger partial charge in [0.05, 0.1) is 5.69 Å². The summed E-state index contributed by atoms with van der Waals surface area (Å²) in [6.45, 7) is 0. The highest BCUT2D eigenvalue weighted by molar-refractivity contribution is 6.01. The Labute approximate surface area is 118 Å². The predicted molar refractivity (Wildman–Crippen MR) is 80.4 cm³/mol. The molecule has 104 valence electrons. The highest BCUT2D eigenvalue weighted by Crippen LogP contribution is 2.30. The standard InChI is InChI=1S/C16H19N3O/c17-16(7-1-2-8-16)10-15(20)19-14-5-3-4-12-6-9-18-11-13(12)14/h3-6,9,11H,1-2,7-8,10,17H2,(H,19,20). The van der Waals surface area contributed by atoms with Gasteiger partial charge in [0.1, 0.15) is 0 Å². The number of carbonyl (C=O) groups excluding carboxylic acids is 1. The Morgan fingerprint density at radius 2 is 2.10 bits per heavy atom. The normalized spacial score (nSPS) is 17.2. The maximum atomic E-state index is 12.2. The third-order valence-electron chi connectivity index (χ3n) is 4.07. The van der Waals surface area contributed by atoms with Crippen LogP contribution >= 0.6 is 0 Å². The number of benzene rings is 1. The van der Waals surface area contributed by atoms with Gasteiger partial charge in [0.15, 0.2) is 0 Å². The van der Waals surface area contributed by atoms with E-state index in [1.807, 2.05) is 24.3 Å². The molecule has 2 aromatic rings. The van der Waals surface area contributed by atoms with Crippen LogP contribution < -0.4 is 11.1 Å². The van der Waals surface area contributed by atoms with Crippen molar-refractivity contribution in [3.63, 3.8) is 0 Å². The number of fused-ring (bicyclic) bond motifs is 1. The van der Waals surface area contributed by atoms with Gasteiger partial charge in [-0.25, -0.2) is 0 Å². The van der Waals surface area contributed by atoms with Crippen molar-refractivity contribution in [1.29, 1.82) is 0 Å². The van der Waals surface area contributed by atoms with Gasteiger partial charge < -0.3 is 11.1 Å². The van der Waals surface area contributed by atoms with E-state index in [9.17, 15) is 4.79 Å². The van der Waals surface area contributed by atoms with Crippen molar-refractivity contribution in [2.45, 2.75) is 37.6 Å². The van der Waals surface area contributed by atoms with Crippen molar-refractivity contribution in [3.8, 4) is 0 Å². The minimum atomic E-state index is -0.313.